The molecule has 1 aliphatic heterocycles. The largest absolute Gasteiger partial charge is 0.416 e. The molecule has 11 heteroatoms. The van der Waals surface area contributed by atoms with Crippen molar-refractivity contribution in [2.45, 2.75) is 31.6 Å². The Labute approximate surface area is 207 Å². The summed E-state index contributed by atoms with van der Waals surface area (Å²) in [6.07, 6.45) is -3.42. The van der Waals surface area contributed by atoms with E-state index in [2.05, 4.69) is 5.32 Å². The Morgan fingerprint density at radius 3 is 2.47 bits per heavy atom. The van der Waals surface area contributed by atoms with Gasteiger partial charge in [0.05, 0.1) is 16.3 Å². The average Bonchev–Trinajstić information content (AvgIpc) is 3.20. The Bertz CT molecular complexity index is 995. The van der Waals surface area contributed by atoms with Crippen molar-refractivity contribution >= 4 is 63.4 Å². The number of carbonyl (C=O) groups excluding carboxylic acids is 2. The number of carbonyl (C=O) groups is 2. The smallest absolute Gasteiger partial charge is 0.340 e. The minimum atomic E-state index is -4.55. The Kier molecular flexibility index (Phi) is 7.82. The van der Waals surface area contributed by atoms with Crippen molar-refractivity contribution in [3.05, 3.63) is 61.1 Å². The minimum Gasteiger partial charge on any atom is -0.340 e. The zero-order valence-electron chi connectivity index (χ0n) is 16.8. The van der Waals surface area contributed by atoms with Gasteiger partial charge in [0.15, 0.2) is 0 Å². The molecule has 0 unspecified atom stereocenters. The number of nitrogens with zero attached hydrogens (tertiary/aromatic N) is 2. The molecule has 172 valence electrons. The molecular weight excluding hydrogens is 581 g/mol. The van der Waals surface area contributed by atoms with Crippen LogP contribution >= 0.6 is 45.8 Å². The summed E-state index contributed by atoms with van der Waals surface area (Å²) in [4.78, 5) is 28.8. The van der Waals surface area contributed by atoms with Crippen LogP contribution in [0.2, 0.25) is 10.0 Å². The van der Waals surface area contributed by atoms with E-state index < -0.39 is 23.8 Å². The van der Waals surface area contributed by atoms with Crippen LogP contribution in [0.25, 0.3) is 0 Å². The summed E-state index contributed by atoms with van der Waals surface area (Å²) in [6.45, 7) is 0.705. The molecule has 1 N–H and O–H groups in total. The third-order valence-corrected chi connectivity index (χ3v) is 6.51. The van der Waals surface area contributed by atoms with Crippen molar-refractivity contribution < 1.29 is 22.8 Å². The maximum Gasteiger partial charge on any atom is 0.416 e. The van der Waals surface area contributed by atoms with Gasteiger partial charge < -0.3 is 15.1 Å². The third kappa shape index (κ3) is 5.79. The molecule has 2 aromatic carbocycles. The quantitative estimate of drug-likeness (QED) is 0.421. The van der Waals surface area contributed by atoms with E-state index in [0.717, 1.165) is 17.7 Å². The van der Waals surface area contributed by atoms with Crippen molar-refractivity contribution in [2.24, 2.45) is 0 Å². The molecule has 32 heavy (non-hydrogen) atoms. The van der Waals surface area contributed by atoms with Gasteiger partial charge in [-0.15, -0.1) is 0 Å². The van der Waals surface area contributed by atoms with Crippen LogP contribution in [0.1, 0.15) is 24.0 Å². The Balaban J connectivity index is 1.71. The highest BCUT2D eigenvalue weighted by molar-refractivity contribution is 14.1. The second-order valence-corrected chi connectivity index (χ2v) is 9.42. The van der Waals surface area contributed by atoms with Crippen molar-refractivity contribution in [1.29, 1.82) is 0 Å². The van der Waals surface area contributed by atoms with E-state index in [1.165, 1.54) is 9.80 Å². The van der Waals surface area contributed by atoms with Gasteiger partial charge >= 0.3 is 12.2 Å². The van der Waals surface area contributed by atoms with Crippen LogP contribution in [0.5, 0.6) is 0 Å². The fraction of sp³-hybridized carbons (Fsp3) is 0.333. The first-order valence-corrected chi connectivity index (χ1v) is 11.4. The first-order valence-electron chi connectivity index (χ1n) is 9.60. The summed E-state index contributed by atoms with van der Waals surface area (Å²) in [5, 5.41) is 2.95. The molecule has 0 radical (unpaired) electrons. The molecule has 1 fully saturated rings. The SMILES string of the molecule is CN(Cc1ccc(Cl)cc1)C(=O)[C@H]1CCCN1C(=O)Nc1c(Cl)cc(C(F)(F)F)cc1I. The van der Waals surface area contributed by atoms with Gasteiger partial charge in [-0.3, -0.25) is 4.79 Å². The molecule has 2 aromatic rings. The molecule has 5 nitrogen and oxygen atoms in total. The molecule has 0 spiro atoms. The number of alkyl halides is 3. The van der Waals surface area contributed by atoms with Gasteiger partial charge in [0.25, 0.3) is 0 Å². The molecular formula is C21H19Cl2F3IN3O2. The van der Waals surface area contributed by atoms with Crippen LogP contribution in [-0.4, -0.2) is 41.4 Å². The van der Waals surface area contributed by atoms with E-state index in [1.54, 1.807) is 41.8 Å². The fourth-order valence-corrected chi connectivity index (χ4v) is 4.81. The van der Waals surface area contributed by atoms with Gasteiger partial charge in [0, 0.05) is 28.7 Å². The van der Waals surface area contributed by atoms with Crippen LogP contribution in [0.15, 0.2) is 36.4 Å². The standard InChI is InChI=1S/C21H19Cl2F3IN3O2/c1-29(11-12-4-6-14(22)7-5-12)19(31)17-3-2-8-30(17)20(32)28-18-15(23)9-13(10-16(18)27)21(24,25)26/h4-7,9-10,17H,2-3,8,11H2,1H3,(H,28,32)/t17-/m1/s1. The lowest BCUT2D eigenvalue weighted by Crippen LogP contribution is -2.47. The van der Waals surface area contributed by atoms with E-state index in [4.69, 9.17) is 23.2 Å². The van der Waals surface area contributed by atoms with E-state index in [-0.39, 0.29) is 20.2 Å². The summed E-state index contributed by atoms with van der Waals surface area (Å²) >= 11 is 13.6. The average molecular weight is 600 g/mol. The van der Waals surface area contributed by atoms with E-state index >= 15 is 0 Å². The van der Waals surface area contributed by atoms with Gasteiger partial charge in [-0.05, 0) is 65.3 Å². The molecule has 0 saturated carbocycles. The fourth-order valence-electron chi connectivity index (χ4n) is 3.50. The normalized spacial score (nSPS) is 16.2. The first kappa shape index (κ1) is 24.9. The number of halogens is 6. The molecule has 0 aliphatic carbocycles. The first-order chi connectivity index (χ1) is 15.0. The maximum atomic E-state index is 13.0. The molecule has 0 bridgehead atoms. The number of hydrogen-bond acceptors (Lipinski definition) is 2. The predicted molar refractivity (Wildman–Crippen MR) is 126 cm³/mol. The number of likely N-dealkylation sites (tertiary alicyclic amines) is 1. The van der Waals surface area contributed by atoms with Gasteiger partial charge in [-0.2, -0.15) is 13.2 Å². The molecule has 1 aliphatic rings. The van der Waals surface area contributed by atoms with Gasteiger partial charge in [0.2, 0.25) is 5.91 Å². The molecule has 3 rings (SSSR count). The lowest BCUT2D eigenvalue weighted by Gasteiger charge is -2.28. The highest BCUT2D eigenvalue weighted by Crippen LogP contribution is 2.37. The van der Waals surface area contributed by atoms with Crippen LogP contribution in [0.4, 0.5) is 23.7 Å². The number of anilines is 1. The predicted octanol–water partition coefficient (Wildman–Crippen LogP) is 6.27. The summed E-state index contributed by atoms with van der Waals surface area (Å²) in [6, 6.07) is 7.54. The maximum absolute atomic E-state index is 13.0. The van der Waals surface area contributed by atoms with Gasteiger partial charge in [0.1, 0.15) is 6.04 Å². The number of hydrogen-bond donors (Lipinski definition) is 1. The van der Waals surface area contributed by atoms with Crippen LogP contribution < -0.4 is 5.32 Å². The number of urea groups is 1. The molecule has 1 saturated heterocycles. The summed E-state index contributed by atoms with van der Waals surface area (Å²) in [5.74, 6) is -0.221. The number of likely N-dealkylation sites (N-methyl/N-ethyl adjacent to an activating group) is 1. The number of amides is 3. The Morgan fingerprint density at radius 2 is 1.88 bits per heavy atom. The van der Waals surface area contributed by atoms with Crippen LogP contribution in [-0.2, 0) is 17.5 Å². The van der Waals surface area contributed by atoms with Gasteiger partial charge in [-0.1, -0.05) is 35.3 Å². The number of nitrogens with one attached hydrogen (secondary N) is 1. The molecule has 1 atom stereocenters. The second kappa shape index (κ2) is 10.0. The van der Waals surface area contributed by atoms with E-state index in [0.29, 0.717) is 31.0 Å². The monoisotopic (exact) mass is 599 g/mol. The summed E-state index contributed by atoms with van der Waals surface area (Å²) in [5.41, 5.74) is 0.0752. The van der Waals surface area contributed by atoms with E-state index in [1.807, 2.05) is 12.1 Å². The lowest BCUT2D eigenvalue weighted by atomic mass is 10.1. The number of rotatable bonds is 4. The van der Waals surface area contributed by atoms with Crippen molar-refractivity contribution in [3.63, 3.8) is 0 Å². The highest BCUT2D eigenvalue weighted by Gasteiger charge is 2.37. The Morgan fingerprint density at radius 1 is 1.22 bits per heavy atom. The van der Waals surface area contributed by atoms with Gasteiger partial charge in [-0.25, -0.2) is 4.79 Å². The lowest BCUT2D eigenvalue weighted by molar-refractivity contribution is -0.137. The summed E-state index contributed by atoms with van der Waals surface area (Å²) < 4.78 is 39.1. The van der Waals surface area contributed by atoms with Crippen molar-refractivity contribution in [1.82, 2.24) is 9.80 Å². The third-order valence-electron chi connectivity index (χ3n) is 5.11. The Hall–Kier alpha value is -1.72. The van der Waals surface area contributed by atoms with Crippen molar-refractivity contribution in [3.8, 4) is 0 Å². The molecule has 3 amide bonds. The summed E-state index contributed by atoms with van der Waals surface area (Å²) in [7, 11) is 1.65. The second-order valence-electron chi connectivity index (χ2n) is 7.41. The van der Waals surface area contributed by atoms with Crippen LogP contribution in [0, 0.1) is 3.57 Å². The highest BCUT2D eigenvalue weighted by atomic mass is 127. The minimum absolute atomic E-state index is 0.0814. The molecule has 1 heterocycles. The zero-order chi connectivity index (χ0) is 23.6. The van der Waals surface area contributed by atoms with E-state index in [9.17, 15) is 22.8 Å². The van der Waals surface area contributed by atoms with Crippen molar-refractivity contribution in [2.75, 3.05) is 18.9 Å². The molecule has 0 aromatic heterocycles. The van der Waals surface area contributed by atoms with Crippen LogP contribution in [0.3, 0.4) is 0 Å². The number of benzene rings is 2. The topological polar surface area (TPSA) is 52.7 Å². The zero-order valence-corrected chi connectivity index (χ0v) is 20.5.